The maximum Gasteiger partial charge on any atom is 0.243 e. The quantitative estimate of drug-likeness (QED) is 0.760. The zero-order valence-electron chi connectivity index (χ0n) is 17.5. The van der Waals surface area contributed by atoms with Gasteiger partial charge in [0, 0.05) is 48.7 Å². The SMILES string of the molecule is O=C(C1CCN(S(=O)(=O)c2ccc3[nH]c4c(c3c2)CCCCC4)CC1)N1CCCC1. The molecule has 0 radical (unpaired) electrons. The largest absolute Gasteiger partial charge is 0.358 e. The van der Waals surface area contributed by atoms with Crippen LogP contribution in [0.25, 0.3) is 10.9 Å². The van der Waals surface area contributed by atoms with Gasteiger partial charge in [-0.25, -0.2) is 8.42 Å². The maximum absolute atomic E-state index is 13.3. The standard InChI is InChI=1S/C23H31N3O3S/c27-23(25-12-4-5-13-25)17-10-14-26(15-11-17)30(28,29)18-8-9-22-20(16-18)19-6-2-1-3-7-21(19)24-22/h8-9,16-17,24H,1-7,10-15H2. The molecule has 1 aliphatic carbocycles. The first-order chi connectivity index (χ1) is 14.5. The molecule has 3 heterocycles. The van der Waals surface area contributed by atoms with Gasteiger partial charge in [-0.1, -0.05) is 6.42 Å². The van der Waals surface area contributed by atoms with E-state index in [1.807, 2.05) is 17.0 Å². The summed E-state index contributed by atoms with van der Waals surface area (Å²) >= 11 is 0. The van der Waals surface area contributed by atoms with E-state index in [1.54, 1.807) is 10.4 Å². The molecule has 1 N–H and O–H groups in total. The number of fused-ring (bicyclic) bond motifs is 3. The Balaban J connectivity index is 1.34. The minimum atomic E-state index is -3.54. The van der Waals surface area contributed by atoms with E-state index in [0.29, 0.717) is 30.8 Å². The van der Waals surface area contributed by atoms with Gasteiger partial charge >= 0.3 is 0 Å². The summed E-state index contributed by atoms with van der Waals surface area (Å²) in [5, 5.41) is 1.06. The number of aromatic nitrogens is 1. The van der Waals surface area contributed by atoms with Gasteiger partial charge in [0.25, 0.3) is 0 Å². The third kappa shape index (κ3) is 3.56. The van der Waals surface area contributed by atoms with Crippen LogP contribution >= 0.6 is 0 Å². The molecule has 2 saturated heterocycles. The molecule has 3 aliphatic rings. The normalized spacial score (nSPS) is 21.7. The van der Waals surface area contributed by atoms with Crippen molar-refractivity contribution in [1.29, 1.82) is 0 Å². The average molecular weight is 430 g/mol. The minimum Gasteiger partial charge on any atom is -0.358 e. The van der Waals surface area contributed by atoms with Crippen LogP contribution in [0.15, 0.2) is 23.1 Å². The molecule has 0 atom stereocenters. The van der Waals surface area contributed by atoms with Crippen molar-refractivity contribution in [2.45, 2.75) is 62.7 Å². The Kier molecular flexibility index (Phi) is 5.35. The summed E-state index contributed by atoms with van der Waals surface area (Å²) in [4.78, 5) is 18.5. The fourth-order valence-corrected chi connectivity index (χ4v) is 6.91. The van der Waals surface area contributed by atoms with Crippen LogP contribution in [0, 0.1) is 5.92 Å². The predicted molar refractivity (Wildman–Crippen MR) is 117 cm³/mol. The van der Waals surface area contributed by atoms with E-state index in [1.165, 1.54) is 24.1 Å². The number of hydrogen-bond acceptors (Lipinski definition) is 3. The van der Waals surface area contributed by atoms with Crippen LogP contribution in [0.3, 0.4) is 0 Å². The van der Waals surface area contributed by atoms with Gasteiger partial charge < -0.3 is 9.88 Å². The molecule has 0 spiro atoms. The third-order valence-corrected chi connectivity index (χ3v) is 9.07. The number of amides is 1. The van der Waals surface area contributed by atoms with Crippen molar-refractivity contribution in [3.63, 3.8) is 0 Å². The topological polar surface area (TPSA) is 73.5 Å². The molecule has 1 amide bonds. The van der Waals surface area contributed by atoms with E-state index >= 15 is 0 Å². The molecule has 30 heavy (non-hydrogen) atoms. The van der Waals surface area contributed by atoms with Crippen LogP contribution in [-0.4, -0.2) is 54.7 Å². The summed E-state index contributed by atoms with van der Waals surface area (Å²) in [6.45, 7) is 2.57. The highest BCUT2D eigenvalue weighted by atomic mass is 32.2. The van der Waals surface area contributed by atoms with Crippen molar-refractivity contribution in [2.75, 3.05) is 26.2 Å². The van der Waals surface area contributed by atoms with Crippen LogP contribution in [0.5, 0.6) is 0 Å². The molecule has 162 valence electrons. The Hall–Kier alpha value is -1.86. The van der Waals surface area contributed by atoms with Gasteiger partial charge in [-0.3, -0.25) is 4.79 Å². The van der Waals surface area contributed by atoms with Crippen molar-refractivity contribution in [1.82, 2.24) is 14.2 Å². The number of nitrogens with one attached hydrogen (secondary N) is 1. The molecule has 5 rings (SSSR count). The highest BCUT2D eigenvalue weighted by Crippen LogP contribution is 2.32. The number of likely N-dealkylation sites (tertiary alicyclic amines) is 1. The van der Waals surface area contributed by atoms with Crippen LogP contribution in [0.1, 0.15) is 56.2 Å². The van der Waals surface area contributed by atoms with Crippen LogP contribution < -0.4 is 0 Å². The van der Waals surface area contributed by atoms with Crippen molar-refractivity contribution >= 4 is 26.8 Å². The molecule has 0 bridgehead atoms. The molecule has 7 heteroatoms. The zero-order chi connectivity index (χ0) is 20.7. The van der Waals surface area contributed by atoms with Crippen molar-refractivity contribution in [3.05, 3.63) is 29.5 Å². The molecular weight excluding hydrogens is 398 g/mol. The zero-order valence-corrected chi connectivity index (χ0v) is 18.3. The Labute approximate surface area is 178 Å². The Morgan fingerprint density at radius 1 is 0.933 bits per heavy atom. The number of carbonyl (C=O) groups is 1. The number of hydrogen-bond donors (Lipinski definition) is 1. The van der Waals surface area contributed by atoms with E-state index in [9.17, 15) is 13.2 Å². The van der Waals surface area contributed by atoms with Gasteiger partial charge in [-0.2, -0.15) is 4.31 Å². The van der Waals surface area contributed by atoms with Gasteiger partial charge in [-0.15, -0.1) is 0 Å². The summed E-state index contributed by atoms with van der Waals surface area (Å²) in [5.41, 5.74) is 3.61. The first kappa shape index (κ1) is 20.1. The predicted octanol–water partition coefficient (Wildman–Crippen LogP) is 3.46. The third-order valence-electron chi connectivity index (χ3n) is 7.18. The highest BCUT2D eigenvalue weighted by molar-refractivity contribution is 7.89. The second-order valence-electron chi connectivity index (χ2n) is 9.06. The first-order valence-corrected chi connectivity index (χ1v) is 12.9. The Morgan fingerprint density at radius 3 is 2.43 bits per heavy atom. The van der Waals surface area contributed by atoms with E-state index in [-0.39, 0.29) is 11.8 Å². The number of nitrogens with zero attached hydrogens (tertiary/aromatic N) is 2. The summed E-state index contributed by atoms with van der Waals surface area (Å²) in [5.74, 6) is 0.193. The average Bonchev–Trinajstić information content (AvgIpc) is 3.35. The lowest BCUT2D eigenvalue weighted by atomic mass is 9.97. The van der Waals surface area contributed by atoms with E-state index in [0.717, 1.165) is 56.1 Å². The summed E-state index contributed by atoms with van der Waals surface area (Å²) in [7, 11) is -3.54. The number of carbonyl (C=O) groups excluding carboxylic acids is 1. The number of rotatable bonds is 3. The van der Waals surface area contributed by atoms with Gasteiger partial charge in [0.1, 0.15) is 0 Å². The smallest absolute Gasteiger partial charge is 0.243 e. The van der Waals surface area contributed by atoms with E-state index in [4.69, 9.17) is 0 Å². The lowest BCUT2D eigenvalue weighted by Gasteiger charge is -2.32. The molecule has 1 aromatic heterocycles. The summed E-state index contributed by atoms with van der Waals surface area (Å²) in [6, 6.07) is 5.52. The molecule has 0 unspecified atom stereocenters. The van der Waals surface area contributed by atoms with Gasteiger partial charge in [0.2, 0.25) is 15.9 Å². The fourth-order valence-electron chi connectivity index (χ4n) is 5.41. The van der Waals surface area contributed by atoms with E-state index in [2.05, 4.69) is 4.98 Å². The second kappa shape index (κ2) is 8.00. The number of piperidine rings is 1. The molecule has 0 saturated carbocycles. The number of aromatic amines is 1. The van der Waals surface area contributed by atoms with Gasteiger partial charge in [0.05, 0.1) is 4.90 Å². The maximum atomic E-state index is 13.3. The summed E-state index contributed by atoms with van der Waals surface area (Å²) in [6.07, 6.45) is 9.06. The molecule has 2 aromatic rings. The Bertz CT molecular complexity index is 1050. The van der Waals surface area contributed by atoms with Crippen molar-refractivity contribution < 1.29 is 13.2 Å². The van der Waals surface area contributed by atoms with Crippen molar-refractivity contribution in [2.24, 2.45) is 5.92 Å². The number of sulfonamides is 1. The number of H-pyrrole nitrogens is 1. The molecular formula is C23H31N3O3S. The Morgan fingerprint density at radius 2 is 1.67 bits per heavy atom. The summed E-state index contributed by atoms with van der Waals surface area (Å²) < 4.78 is 28.3. The van der Waals surface area contributed by atoms with Crippen LogP contribution in [0.4, 0.5) is 0 Å². The molecule has 6 nitrogen and oxygen atoms in total. The molecule has 2 fully saturated rings. The van der Waals surface area contributed by atoms with Crippen LogP contribution in [-0.2, 0) is 27.7 Å². The minimum absolute atomic E-state index is 0.0301. The lowest BCUT2D eigenvalue weighted by molar-refractivity contribution is -0.135. The molecule has 1 aromatic carbocycles. The fraction of sp³-hybridized carbons (Fsp3) is 0.609. The number of benzene rings is 1. The second-order valence-corrected chi connectivity index (χ2v) is 11.0. The number of aryl methyl sites for hydroxylation is 2. The van der Waals surface area contributed by atoms with Crippen LogP contribution in [0.2, 0.25) is 0 Å². The van der Waals surface area contributed by atoms with Crippen molar-refractivity contribution in [3.8, 4) is 0 Å². The van der Waals surface area contributed by atoms with E-state index < -0.39 is 10.0 Å². The molecule has 2 aliphatic heterocycles. The highest BCUT2D eigenvalue weighted by Gasteiger charge is 2.34. The van der Waals surface area contributed by atoms with Gasteiger partial charge in [0.15, 0.2) is 0 Å². The monoisotopic (exact) mass is 429 g/mol. The lowest BCUT2D eigenvalue weighted by Crippen LogP contribution is -2.43. The first-order valence-electron chi connectivity index (χ1n) is 11.5. The van der Waals surface area contributed by atoms with Gasteiger partial charge in [-0.05, 0) is 75.1 Å².